The molecule has 26 heavy (non-hydrogen) atoms. The van der Waals surface area contributed by atoms with E-state index in [1.807, 2.05) is 42.5 Å². The van der Waals surface area contributed by atoms with Crippen molar-refractivity contribution in [3.63, 3.8) is 0 Å². The average Bonchev–Trinajstić information content (AvgIpc) is 3.01. The topological polar surface area (TPSA) is 72.3 Å². The normalized spacial score (nSPS) is 17.1. The molecule has 6 nitrogen and oxygen atoms in total. The highest BCUT2D eigenvalue weighted by Gasteiger charge is 2.23. The lowest BCUT2D eigenvalue weighted by molar-refractivity contribution is -0.115. The van der Waals surface area contributed by atoms with Crippen LogP contribution in [0.2, 0.25) is 0 Å². The van der Waals surface area contributed by atoms with Crippen LogP contribution in [0.4, 0.5) is 0 Å². The Hall–Kier alpha value is -3.06. The molecule has 0 aromatic heterocycles. The summed E-state index contributed by atoms with van der Waals surface area (Å²) in [5, 5.41) is 11.2. The van der Waals surface area contributed by atoms with Gasteiger partial charge in [-0.25, -0.2) is 0 Å². The summed E-state index contributed by atoms with van der Waals surface area (Å²) in [6.45, 7) is 0. The van der Waals surface area contributed by atoms with Crippen molar-refractivity contribution in [3.8, 4) is 11.5 Å². The van der Waals surface area contributed by atoms with E-state index in [2.05, 4.69) is 15.5 Å². The summed E-state index contributed by atoms with van der Waals surface area (Å²) in [6, 6.07) is 15.1. The summed E-state index contributed by atoms with van der Waals surface area (Å²) in [5.74, 6) is 1.07. The van der Waals surface area contributed by atoms with Crippen LogP contribution in [0.5, 0.6) is 11.5 Å². The third-order valence-electron chi connectivity index (χ3n) is 3.51. The molecule has 2 aromatic carbocycles. The Morgan fingerprint density at radius 2 is 1.77 bits per heavy atom. The van der Waals surface area contributed by atoms with Crippen LogP contribution >= 0.6 is 11.8 Å². The molecule has 7 heteroatoms. The molecule has 1 N–H and O–H groups in total. The van der Waals surface area contributed by atoms with Crippen LogP contribution in [-0.2, 0) is 4.79 Å². The molecule has 132 valence electrons. The van der Waals surface area contributed by atoms with Crippen molar-refractivity contribution >= 4 is 35.1 Å². The van der Waals surface area contributed by atoms with E-state index in [0.717, 1.165) is 11.1 Å². The van der Waals surface area contributed by atoms with Crippen LogP contribution in [0.3, 0.4) is 0 Å². The van der Waals surface area contributed by atoms with Crippen LogP contribution in [-0.4, -0.2) is 31.5 Å². The highest BCUT2D eigenvalue weighted by molar-refractivity contribution is 8.18. The van der Waals surface area contributed by atoms with Gasteiger partial charge in [-0.15, -0.1) is 5.10 Å². The molecule has 1 saturated heterocycles. The number of nitrogens with zero attached hydrogens (tertiary/aromatic N) is 2. The first-order chi connectivity index (χ1) is 12.7. The maximum absolute atomic E-state index is 12.0. The first-order valence-corrected chi connectivity index (χ1v) is 8.60. The molecule has 0 unspecified atom stereocenters. The fourth-order valence-electron chi connectivity index (χ4n) is 2.26. The van der Waals surface area contributed by atoms with Crippen LogP contribution in [0, 0.1) is 0 Å². The molecule has 1 fully saturated rings. The van der Waals surface area contributed by atoms with Crippen LogP contribution < -0.4 is 14.8 Å². The number of amidine groups is 1. The molecular weight excluding hydrogens is 350 g/mol. The minimum Gasteiger partial charge on any atom is -0.493 e. The van der Waals surface area contributed by atoms with Crippen LogP contribution in [0.25, 0.3) is 6.08 Å². The van der Waals surface area contributed by atoms with E-state index in [1.165, 1.54) is 11.8 Å². The minimum atomic E-state index is -0.182. The van der Waals surface area contributed by atoms with E-state index < -0.39 is 0 Å². The predicted octanol–water partition coefficient (Wildman–Crippen LogP) is 3.30. The molecule has 1 aliphatic rings. The third kappa shape index (κ3) is 4.31. The number of rotatable bonds is 5. The van der Waals surface area contributed by atoms with Crippen molar-refractivity contribution in [1.29, 1.82) is 0 Å². The Labute approximate surface area is 155 Å². The van der Waals surface area contributed by atoms with Crippen molar-refractivity contribution in [2.24, 2.45) is 10.2 Å². The predicted molar refractivity (Wildman–Crippen MR) is 105 cm³/mol. The highest BCUT2D eigenvalue weighted by Crippen LogP contribution is 2.27. The Morgan fingerprint density at radius 1 is 1.00 bits per heavy atom. The molecule has 0 radical (unpaired) electrons. The second-order valence-corrected chi connectivity index (χ2v) is 6.27. The van der Waals surface area contributed by atoms with E-state index in [0.29, 0.717) is 21.6 Å². The van der Waals surface area contributed by atoms with Gasteiger partial charge in [0.25, 0.3) is 5.91 Å². The first kappa shape index (κ1) is 17.8. The number of ether oxygens (including phenoxy) is 2. The standard InChI is InChI=1S/C19H17N3O3S/c1-24-15-9-8-14(10-16(15)25-2)12-20-22-19-21-18(23)17(26-19)11-13-6-4-3-5-7-13/h3-12H,1-2H3,(H,21,22,23). The molecule has 2 aromatic rings. The van der Waals surface area contributed by atoms with E-state index in [9.17, 15) is 4.79 Å². The molecule has 1 amide bonds. The lowest BCUT2D eigenvalue weighted by atomic mass is 10.2. The molecule has 0 atom stereocenters. The third-order valence-corrected chi connectivity index (χ3v) is 4.41. The fourth-order valence-corrected chi connectivity index (χ4v) is 3.04. The zero-order chi connectivity index (χ0) is 18.4. The summed E-state index contributed by atoms with van der Waals surface area (Å²) in [4.78, 5) is 12.6. The second-order valence-electron chi connectivity index (χ2n) is 5.24. The van der Waals surface area contributed by atoms with Gasteiger partial charge in [0, 0.05) is 0 Å². The van der Waals surface area contributed by atoms with Crippen molar-refractivity contribution in [1.82, 2.24) is 5.32 Å². The maximum atomic E-state index is 12.0. The smallest absolute Gasteiger partial charge is 0.264 e. The lowest BCUT2D eigenvalue weighted by Crippen LogP contribution is -2.19. The number of amides is 1. The van der Waals surface area contributed by atoms with Crippen LogP contribution in [0.15, 0.2) is 63.6 Å². The quantitative estimate of drug-likeness (QED) is 0.500. The van der Waals surface area contributed by atoms with Gasteiger partial charge in [0.05, 0.1) is 25.3 Å². The number of hydrogen-bond donors (Lipinski definition) is 1. The maximum Gasteiger partial charge on any atom is 0.264 e. The van der Waals surface area contributed by atoms with Gasteiger partial charge in [-0.05, 0) is 47.2 Å². The van der Waals surface area contributed by atoms with Gasteiger partial charge in [-0.3, -0.25) is 10.1 Å². The largest absolute Gasteiger partial charge is 0.493 e. The summed E-state index contributed by atoms with van der Waals surface area (Å²) in [6.07, 6.45) is 3.40. The van der Waals surface area contributed by atoms with E-state index in [1.54, 1.807) is 32.6 Å². The molecule has 3 rings (SSSR count). The SMILES string of the molecule is COc1ccc(C=N/N=C2\NC(=O)C(=Cc3ccccc3)S2)cc1OC. The molecule has 0 aliphatic carbocycles. The van der Waals surface area contributed by atoms with Gasteiger partial charge >= 0.3 is 0 Å². The summed E-state index contributed by atoms with van der Waals surface area (Å²) in [7, 11) is 3.16. The Kier molecular flexibility index (Phi) is 5.70. The number of nitrogens with one attached hydrogen (secondary N) is 1. The Bertz CT molecular complexity index is 892. The van der Waals surface area contributed by atoms with Gasteiger partial charge in [-0.2, -0.15) is 5.10 Å². The number of thioether (sulfide) groups is 1. The minimum absolute atomic E-state index is 0.182. The van der Waals surface area contributed by atoms with Crippen molar-refractivity contribution < 1.29 is 14.3 Å². The summed E-state index contributed by atoms with van der Waals surface area (Å²) >= 11 is 1.25. The molecule has 0 bridgehead atoms. The molecule has 0 spiro atoms. The number of carbonyl (C=O) groups is 1. The van der Waals surface area contributed by atoms with Crippen molar-refractivity contribution in [2.75, 3.05) is 14.2 Å². The van der Waals surface area contributed by atoms with E-state index in [-0.39, 0.29) is 5.91 Å². The van der Waals surface area contributed by atoms with Gasteiger partial charge in [-0.1, -0.05) is 30.3 Å². The fraction of sp³-hybridized carbons (Fsp3) is 0.105. The number of hydrogen-bond acceptors (Lipinski definition) is 6. The number of benzene rings is 2. The van der Waals surface area contributed by atoms with E-state index >= 15 is 0 Å². The molecule has 0 saturated carbocycles. The zero-order valence-electron chi connectivity index (χ0n) is 14.3. The van der Waals surface area contributed by atoms with Crippen molar-refractivity contribution in [3.05, 3.63) is 64.6 Å². The number of carbonyl (C=O) groups excluding carboxylic acids is 1. The molecule has 1 aliphatic heterocycles. The van der Waals surface area contributed by atoms with Crippen molar-refractivity contribution in [2.45, 2.75) is 0 Å². The Balaban J connectivity index is 1.71. The first-order valence-electron chi connectivity index (χ1n) is 7.78. The average molecular weight is 367 g/mol. The molecule has 1 heterocycles. The highest BCUT2D eigenvalue weighted by atomic mass is 32.2. The van der Waals surface area contributed by atoms with E-state index in [4.69, 9.17) is 9.47 Å². The van der Waals surface area contributed by atoms with Crippen LogP contribution in [0.1, 0.15) is 11.1 Å². The van der Waals surface area contributed by atoms with Gasteiger partial charge in [0.2, 0.25) is 0 Å². The number of methoxy groups -OCH3 is 2. The lowest BCUT2D eigenvalue weighted by Gasteiger charge is -2.07. The van der Waals surface area contributed by atoms with Gasteiger partial charge in [0.15, 0.2) is 16.7 Å². The molecular formula is C19H17N3O3S. The summed E-state index contributed by atoms with van der Waals surface area (Å²) in [5.41, 5.74) is 1.77. The van der Waals surface area contributed by atoms with Gasteiger partial charge < -0.3 is 9.47 Å². The monoisotopic (exact) mass is 367 g/mol. The zero-order valence-corrected chi connectivity index (χ0v) is 15.1. The summed E-state index contributed by atoms with van der Waals surface area (Å²) < 4.78 is 10.4. The Morgan fingerprint density at radius 3 is 2.50 bits per heavy atom. The second kappa shape index (κ2) is 8.35. The van der Waals surface area contributed by atoms with Gasteiger partial charge in [0.1, 0.15) is 0 Å².